The van der Waals surface area contributed by atoms with E-state index in [2.05, 4.69) is 10.6 Å². The molecule has 0 bridgehead atoms. The lowest BCUT2D eigenvalue weighted by molar-refractivity contribution is -0.393. The van der Waals surface area contributed by atoms with E-state index < -0.39 is 21.6 Å². The average Bonchev–Trinajstić information content (AvgIpc) is 2.38. The zero-order valence-corrected chi connectivity index (χ0v) is 11.0. The Morgan fingerprint density at radius 3 is 2.45 bits per heavy atom. The molecule has 1 atom stereocenters. The van der Waals surface area contributed by atoms with E-state index in [0.29, 0.717) is 6.54 Å². The van der Waals surface area contributed by atoms with Crippen LogP contribution in [0.3, 0.4) is 0 Å². The highest BCUT2D eigenvalue weighted by atomic mass is 16.6. The van der Waals surface area contributed by atoms with Crippen molar-refractivity contribution >= 4 is 23.0 Å². The number of hydrogen-bond acceptors (Lipinski definition) is 6. The molecule has 0 aliphatic rings. The topological polar surface area (TPSA) is 127 Å². The number of nitro benzene ring substituents is 2. The summed E-state index contributed by atoms with van der Waals surface area (Å²) in [6.45, 7) is 3.72. The minimum absolute atomic E-state index is 0.0550. The van der Waals surface area contributed by atoms with Crippen LogP contribution in [-0.2, 0) is 4.79 Å². The highest BCUT2D eigenvalue weighted by molar-refractivity contribution is 5.85. The van der Waals surface area contributed by atoms with E-state index in [1.54, 1.807) is 6.92 Å². The van der Waals surface area contributed by atoms with E-state index in [0.717, 1.165) is 12.1 Å². The maximum absolute atomic E-state index is 11.6. The molecule has 0 radical (unpaired) electrons. The van der Waals surface area contributed by atoms with Crippen LogP contribution in [0.1, 0.15) is 13.8 Å². The summed E-state index contributed by atoms with van der Waals surface area (Å²) < 4.78 is 0. The molecule has 1 amide bonds. The summed E-state index contributed by atoms with van der Waals surface area (Å²) >= 11 is 0. The Bertz CT molecular complexity index is 546. The van der Waals surface area contributed by atoms with Gasteiger partial charge in [-0.3, -0.25) is 25.0 Å². The third kappa shape index (κ3) is 3.64. The molecule has 9 heteroatoms. The lowest BCUT2D eigenvalue weighted by Crippen LogP contribution is -2.37. The monoisotopic (exact) mass is 282 g/mol. The fourth-order valence-electron chi connectivity index (χ4n) is 1.53. The summed E-state index contributed by atoms with van der Waals surface area (Å²) in [6.07, 6.45) is 0. The minimum atomic E-state index is -0.736. The number of carbonyl (C=O) groups excluding carboxylic acids is 1. The molecule has 2 N–H and O–H groups in total. The van der Waals surface area contributed by atoms with Crippen LogP contribution in [-0.4, -0.2) is 28.3 Å². The van der Waals surface area contributed by atoms with Gasteiger partial charge >= 0.3 is 0 Å². The van der Waals surface area contributed by atoms with Crippen LogP contribution in [0, 0.1) is 20.2 Å². The molecular formula is C11H14N4O5. The number of nitrogens with one attached hydrogen (secondary N) is 2. The normalized spacial score (nSPS) is 11.5. The smallest absolute Gasteiger partial charge is 0.299 e. The van der Waals surface area contributed by atoms with E-state index in [4.69, 9.17) is 0 Å². The van der Waals surface area contributed by atoms with E-state index in [9.17, 15) is 25.0 Å². The number of non-ortho nitro benzene ring substituents is 1. The van der Waals surface area contributed by atoms with Crippen molar-refractivity contribution in [3.8, 4) is 0 Å². The van der Waals surface area contributed by atoms with E-state index in [-0.39, 0.29) is 17.3 Å². The van der Waals surface area contributed by atoms with Gasteiger partial charge in [-0.2, -0.15) is 0 Å². The number of rotatable bonds is 6. The number of carbonyl (C=O) groups is 1. The van der Waals surface area contributed by atoms with Crippen molar-refractivity contribution in [3.05, 3.63) is 38.4 Å². The van der Waals surface area contributed by atoms with Crippen LogP contribution < -0.4 is 10.6 Å². The Morgan fingerprint density at radius 2 is 1.95 bits per heavy atom. The Hall–Kier alpha value is -2.71. The first kappa shape index (κ1) is 15.3. The fourth-order valence-corrected chi connectivity index (χ4v) is 1.53. The van der Waals surface area contributed by atoms with Crippen LogP contribution in [0.15, 0.2) is 18.2 Å². The Kier molecular flexibility index (Phi) is 4.95. The van der Waals surface area contributed by atoms with E-state index >= 15 is 0 Å². The second-order valence-electron chi connectivity index (χ2n) is 3.98. The van der Waals surface area contributed by atoms with Crippen molar-refractivity contribution < 1.29 is 14.6 Å². The van der Waals surface area contributed by atoms with Gasteiger partial charge in [-0.05, 0) is 19.9 Å². The third-order valence-corrected chi connectivity index (χ3v) is 2.51. The maximum atomic E-state index is 11.6. The molecule has 0 fully saturated rings. The highest BCUT2D eigenvalue weighted by Gasteiger charge is 2.22. The van der Waals surface area contributed by atoms with Gasteiger partial charge in [0.2, 0.25) is 5.91 Å². The summed E-state index contributed by atoms with van der Waals surface area (Å²) in [5, 5.41) is 26.7. The molecule has 0 aliphatic carbocycles. The summed E-state index contributed by atoms with van der Waals surface area (Å²) in [5.74, 6) is -0.319. The summed E-state index contributed by atoms with van der Waals surface area (Å²) in [5.41, 5.74) is -0.775. The number of nitro groups is 2. The van der Waals surface area contributed by atoms with Gasteiger partial charge in [-0.1, -0.05) is 0 Å². The van der Waals surface area contributed by atoms with Crippen LogP contribution in [0.25, 0.3) is 0 Å². The molecule has 0 heterocycles. The first-order chi connectivity index (χ1) is 9.36. The fraction of sp³-hybridized carbons (Fsp3) is 0.364. The molecule has 0 saturated carbocycles. The molecule has 0 aliphatic heterocycles. The zero-order valence-electron chi connectivity index (χ0n) is 11.0. The Labute approximate surface area is 114 Å². The summed E-state index contributed by atoms with van der Waals surface area (Å²) in [7, 11) is 0. The lowest BCUT2D eigenvalue weighted by Gasteiger charge is -2.14. The Morgan fingerprint density at radius 1 is 1.30 bits per heavy atom. The van der Waals surface area contributed by atoms with Gasteiger partial charge in [0, 0.05) is 12.6 Å². The first-order valence-corrected chi connectivity index (χ1v) is 5.84. The molecule has 1 aromatic rings. The number of nitrogens with zero attached hydrogens (tertiary/aromatic N) is 2. The van der Waals surface area contributed by atoms with Gasteiger partial charge in [0.15, 0.2) is 0 Å². The molecule has 1 aromatic carbocycles. The highest BCUT2D eigenvalue weighted by Crippen LogP contribution is 2.29. The minimum Gasteiger partial charge on any atom is -0.368 e. The quantitative estimate of drug-likeness (QED) is 0.600. The molecule has 0 aromatic heterocycles. The second-order valence-corrected chi connectivity index (χ2v) is 3.98. The van der Waals surface area contributed by atoms with E-state index in [1.807, 2.05) is 0 Å². The SMILES string of the molecule is CCNC(=O)[C@H](C)Nc1ccc([N+](=O)[O-])cc1[N+](=O)[O-]. The first-order valence-electron chi connectivity index (χ1n) is 5.84. The second kappa shape index (κ2) is 6.45. The van der Waals surface area contributed by atoms with Crippen molar-refractivity contribution in [2.75, 3.05) is 11.9 Å². The van der Waals surface area contributed by atoms with Crippen LogP contribution >= 0.6 is 0 Å². The molecule has 0 spiro atoms. The molecule has 9 nitrogen and oxygen atoms in total. The van der Waals surface area contributed by atoms with Gasteiger partial charge in [0.1, 0.15) is 11.7 Å². The summed E-state index contributed by atoms with van der Waals surface area (Å²) in [4.78, 5) is 31.6. The summed E-state index contributed by atoms with van der Waals surface area (Å²) in [6, 6.07) is 2.51. The van der Waals surface area contributed by atoms with Gasteiger partial charge in [0.05, 0.1) is 15.9 Å². The molecule has 0 saturated heterocycles. The molecule has 1 rings (SSSR count). The Balaban J connectivity index is 3.03. The van der Waals surface area contributed by atoms with Crippen molar-refractivity contribution in [2.24, 2.45) is 0 Å². The number of hydrogen-bond donors (Lipinski definition) is 2. The van der Waals surface area contributed by atoms with Crippen LogP contribution in [0.5, 0.6) is 0 Å². The third-order valence-electron chi connectivity index (χ3n) is 2.51. The zero-order chi connectivity index (χ0) is 15.3. The van der Waals surface area contributed by atoms with Crippen LogP contribution in [0.4, 0.5) is 17.1 Å². The maximum Gasteiger partial charge on any atom is 0.299 e. The predicted molar refractivity (Wildman–Crippen MR) is 71.5 cm³/mol. The number of benzene rings is 1. The van der Waals surface area contributed by atoms with Crippen molar-refractivity contribution in [1.29, 1.82) is 0 Å². The van der Waals surface area contributed by atoms with Crippen molar-refractivity contribution in [1.82, 2.24) is 5.32 Å². The van der Waals surface area contributed by atoms with Gasteiger partial charge < -0.3 is 10.6 Å². The van der Waals surface area contributed by atoms with Gasteiger partial charge in [0.25, 0.3) is 11.4 Å². The standard InChI is InChI=1S/C11H14N4O5/c1-3-12-11(16)7(2)13-9-5-4-8(14(17)18)6-10(9)15(19)20/h4-7,13H,3H2,1-2H3,(H,12,16)/t7-/m0/s1. The predicted octanol–water partition coefficient (Wildman–Crippen LogP) is 1.44. The van der Waals surface area contributed by atoms with Gasteiger partial charge in [-0.15, -0.1) is 0 Å². The lowest BCUT2D eigenvalue weighted by atomic mass is 10.2. The van der Waals surface area contributed by atoms with Crippen LogP contribution in [0.2, 0.25) is 0 Å². The van der Waals surface area contributed by atoms with E-state index in [1.165, 1.54) is 13.0 Å². The number of anilines is 1. The average molecular weight is 282 g/mol. The number of amides is 1. The largest absolute Gasteiger partial charge is 0.368 e. The molecular weight excluding hydrogens is 268 g/mol. The molecule has 20 heavy (non-hydrogen) atoms. The van der Waals surface area contributed by atoms with Gasteiger partial charge in [-0.25, -0.2) is 0 Å². The van der Waals surface area contributed by atoms with Crippen molar-refractivity contribution in [2.45, 2.75) is 19.9 Å². The molecule has 0 unspecified atom stereocenters. The number of likely N-dealkylation sites (N-methyl/N-ethyl adjacent to an activating group) is 1. The van der Waals surface area contributed by atoms with Crippen molar-refractivity contribution in [3.63, 3.8) is 0 Å². The molecule has 108 valence electrons.